The maximum absolute atomic E-state index is 13.0. The van der Waals surface area contributed by atoms with Gasteiger partial charge in [0.05, 0.1) is 6.04 Å². The predicted octanol–water partition coefficient (Wildman–Crippen LogP) is 5.69. The average molecular weight is 484 g/mol. The van der Waals surface area contributed by atoms with Crippen LogP contribution in [0.2, 0.25) is 0 Å². The Morgan fingerprint density at radius 3 is 2.38 bits per heavy atom. The standard InChI is InChI=1S/C27H41N5OS/c1-17(2)26-30-29-19(4)32(26)23-15-21-10-11-22(16-23)31(21)14-13-24(25-12-9-18(3)34-25)28-27(33)20-7-5-6-8-20/h9,12,17,20-24H,5-8,10-11,13-16H2,1-4H3,(H,28,33)/t21-,22-,24-/m0/s1. The van der Waals surface area contributed by atoms with Crippen LogP contribution < -0.4 is 5.32 Å². The zero-order valence-electron chi connectivity index (χ0n) is 21.3. The number of nitrogens with one attached hydrogen (secondary N) is 1. The smallest absolute Gasteiger partial charge is 0.223 e. The lowest BCUT2D eigenvalue weighted by Crippen LogP contribution is -2.45. The van der Waals surface area contributed by atoms with Crippen molar-refractivity contribution >= 4 is 17.2 Å². The molecule has 1 N–H and O–H groups in total. The van der Waals surface area contributed by atoms with Crippen LogP contribution in [-0.2, 0) is 4.79 Å². The molecule has 5 rings (SSSR count). The second-order valence-electron chi connectivity index (χ2n) is 11.2. The molecule has 1 amide bonds. The van der Waals surface area contributed by atoms with E-state index < -0.39 is 0 Å². The molecule has 4 heterocycles. The van der Waals surface area contributed by atoms with Crippen molar-refractivity contribution in [3.05, 3.63) is 33.5 Å². The highest BCUT2D eigenvalue weighted by Gasteiger charge is 2.42. The molecule has 0 aromatic carbocycles. The van der Waals surface area contributed by atoms with E-state index in [0.29, 0.717) is 24.0 Å². The van der Waals surface area contributed by atoms with Crippen molar-refractivity contribution in [2.75, 3.05) is 6.54 Å². The van der Waals surface area contributed by atoms with Gasteiger partial charge >= 0.3 is 0 Å². The van der Waals surface area contributed by atoms with Gasteiger partial charge < -0.3 is 9.88 Å². The first kappa shape index (κ1) is 24.0. The van der Waals surface area contributed by atoms with E-state index in [0.717, 1.165) is 37.5 Å². The molecule has 186 valence electrons. The van der Waals surface area contributed by atoms with Crippen molar-refractivity contribution in [3.8, 4) is 0 Å². The Morgan fingerprint density at radius 2 is 1.76 bits per heavy atom. The third-order valence-electron chi connectivity index (χ3n) is 8.46. The molecule has 2 aromatic rings. The Hall–Kier alpha value is -1.73. The number of aromatic nitrogens is 3. The Morgan fingerprint density at radius 1 is 1.06 bits per heavy atom. The fourth-order valence-electron chi connectivity index (χ4n) is 6.73. The van der Waals surface area contributed by atoms with Gasteiger partial charge in [-0.15, -0.1) is 21.5 Å². The second-order valence-corrected chi connectivity index (χ2v) is 12.5. The lowest BCUT2D eigenvalue weighted by Gasteiger charge is -2.40. The molecular weight excluding hydrogens is 442 g/mol. The fraction of sp³-hybridized carbons (Fsp3) is 0.741. The normalized spacial score (nSPS) is 26.4. The van der Waals surface area contributed by atoms with Crippen LogP contribution in [0.5, 0.6) is 0 Å². The first-order valence-corrected chi connectivity index (χ1v) is 14.3. The fourth-order valence-corrected chi connectivity index (χ4v) is 7.70. The Labute approximate surface area is 208 Å². The monoisotopic (exact) mass is 483 g/mol. The summed E-state index contributed by atoms with van der Waals surface area (Å²) >= 11 is 1.84. The topological polar surface area (TPSA) is 63.1 Å². The maximum Gasteiger partial charge on any atom is 0.223 e. The largest absolute Gasteiger partial charge is 0.348 e. The molecule has 2 saturated heterocycles. The zero-order valence-corrected chi connectivity index (χ0v) is 22.1. The van der Waals surface area contributed by atoms with Crippen molar-refractivity contribution in [1.29, 1.82) is 0 Å². The zero-order chi connectivity index (χ0) is 23.8. The van der Waals surface area contributed by atoms with Gasteiger partial charge in [0.25, 0.3) is 0 Å². The summed E-state index contributed by atoms with van der Waals surface area (Å²) in [4.78, 5) is 18.4. The van der Waals surface area contributed by atoms with E-state index in [2.05, 4.69) is 64.8 Å². The summed E-state index contributed by atoms with van der Waals surface area (Å²) in [6.07, 6.45) is 10.5. The quantitative estimate of drug-likeness (QED) is 0.524. The number of nitrogens with zero attached hydrogens (tertiary/aromatic N) is 4. The van der Waals surface area contributed by atoms with E-state index in [4.69, 9.17) is 0 Å². The molecule has 7 heteroatoms. The van der Waals surface area contributed by atoms with Gasteiger partial charge in [-0.25, -0.2) is 0 Å². The van der Waals surface area contributed by atoms with Crippen molar-refractivity contribution < 1.29 is 4.79 Å². The summed E-state index contributed by atoms with van der Waals surface area (Å²) in [6.45, 7) is 9.76. The van der Waals surface area contributed by atoms with Gasteiger partial charge in [-0.2, -0.15) is 0 Å². The lowest BCUT2D eigenvalue weighted by molar-refractivity contribution is -0.125. The first-order chi connectivity index (χ1) is 16.4. The third-order valence-corrected chi connectivity index (χ3v) is 9.57. The van der Waals surface area contributed by atoms with E-state index in [9.17, 15) is 4.79 Å². The van der Waals surface area contributed by atoms with Gasteiger partial charge in [-0.1, -0.05) is 26.7 Å². The number of thiophene rings is 1. The van der Waals surface area contributed by atoms with E-state index in [1.165, 1.54) is 48.3 Å². The summed E-state index contributed by atoms with van der Waals surface area (Å²) in [5, 5.41) is 12.4. The summed E-state index contributed by atoms with van der Waals surface area (Å²) in [7, 11) is 0. The molecule has 2 bridgehead atoms. The van der Waals surface area contributed by atoms with Crippen molar-refractivity contribution in [3.63, 3.8) is 0 Å². The highest BCUT2D eigenvalue weighted by atomic mass is 32.1. The van der Waals surface area contributed by atoms with Crippen LogP contribution in [0.4, 0.5) is 0 Å². The number of amides is 1. The van der Waals surface area contributed by atoms with E-state index in [1.54, 1.807) is 0 Å². The number of aryl methyl sites for hydroxylation is 2. The molecule has 3 fully saturated rings. The SMILES string of the molecule is Cc1ccc([C@H](CCN2[C@H]3CC[C@H]2CC(n2c(C)nnc2C(C)C)C3)NC(=O)C2CCCC2)s1. The molecule has 1 saturated carbocycles. The van der Waals surface area contributed by atoms with Gasteiger partial charge in [-0.05, 0) is 70.9 Å². The van der Waals surface area contributed by atoms with Gasteiger partial charge in [0.1, 0.15) is 11.6 Å². The molecule has 6 nitrogen and oxygen atoms in total. The van der Waals surface area contributed by atoms with Gasteiger partial charge in [0, 0.05) is 46.3 Å². The summed E-state index contributed by atoms with van der Waals surface area (Å²) in [5.41, 5.74) is 0. The maximum atomic E-state index is 13.0. The van der Waals surface area contributed by atoms with Crippen LogP contribution in [0, 0.1) is 19.8 Å². The number of fused-ring (bicyclic) bond motifs is 2. The third kappa shape index (κ3) is 4.83. The number of piperidine rings is 1. The van der Waals surface area contributed by atoms with E-state index in [1.807, 2.05) is 11.3 Å². The van der Waals surface area contributed by atoms with Gasteiger partial charge in [-0.3, -0.25) is 9.69 Å². The minimum atomic E-state index is 0.136. The van der Waals surface area contributed by atoms with Crippen molar-refractivity contribution in [2.24, 2.45) is 5.92 Å². The number of rotatable bonds is 8. The molecule has 1 aliphatic carbocycles. The highest BCUT2D eigenvalue weighted by Crippen LogP contribution is 2.42. The molecule has 2 aliphatic heterocycles. The molecule has 3 atom stereocenters. The number of hydrogen-bond acceptors (Lipinski definition) is 5. The van der Waals surface area contributed by atoms with Crippen LogP contribution in [0.25, 0.3) is 0 Å². The van der Waals surface area contributed by atoms with Crippen LogP contribution in [0.3, 0.4) is 0 Å². The average Bonchev–Trinajstić information content (AvgIpc) is 3.59. The molecule has 3 aliphatic rings. The number of carbonyl (C=O) groups excluding carboxylic acids is 1. The lowest BCUT2D eigenvalue weighted by atomic mass is 9.95. The Balaban J connectivity index is 1.26. The van der Waals surface area contributed by atoms with Gasteiger partial charge in [0.2, 0.25) is 5.91 Å². The van der Waals surface area contributed by atoms with E-state index >= 15 is 0 Å². The molecule has 0 unspecified atom stereocenters. The Bertz CT molecular complexity index is 977. The summed E-state index contributed by atoms with van der Waals surface area (Å²) in [6, 6.07) is 6.32. The number of hydrogen-bond donors (Lipinski definition) is 1. The summed E-state index contributed by atoms with van der Waals surface area (Å²) < 4.78 is 2.44. The van der Waals surface area contributed by atoms with Crippen LogP contribution in [0.1, 0.15) is 111 Å². The first-order valence-electron chi connectivity index (χ1n) is 13.4. The summed E-state index contributed by atoms with van der Waals surface area (Å²) in [5.74, 6) is 3.09. The second kappa shape index (κ2) is 10.1. The predicted molar refractivity (Wildman–Crippen MR) is 137 cm³/mol. The van der Waals surface area contributed by atoms with Gasteiger partial charge in [0.15, 0.2) is 0 Å². The minimum Gasteiger partial charge on any atom is -0.348 e. The molecular formula is C27H41N5OS. The molecule has 2 aromatic heterocycles. The Kier molecular flexibility index (Phi) is 7.12. The van der Waals surface area contributed by atoms with Crippen molar-refractivity contribution in [1.82, 2.24) is 25.0 Å². The number of carbonyl (C=O) groups is 1. The minimum absolute atomic E-state index is 0.136. The van der Waals surface area contributed by atoms with Crippen LogP contribution in [-0.4, -0.2) is 44.2 Å². The molecule has 34 heavy (non-hydrogen) atoms. The highest BCUT2D eigenvalue weighted by molar-refractivity contribution is 7.12. The van der Waals surface area contributed by atoms with E-state index in [-0.39, 0.29) is 17.9 Å². The van der Waals surface area contributed by atoms with Crippen LogP contribution in [0.15, 0.2) is 12.1 Å². The van der Waals surface area contributed by atoms with Crippen LogP contribution >= 0.6 is 11.3 Å². The van der Waals surface area contributed by atoms with Crippen molar-refractivity contribution in [2.45, 2.75) is 116 Å². The molecule has 0 radical (unpaired) electrons. The molecule has 0 spiro atoms.